The van der Waals surface area contributed by atoms with Crippen LogP contribution in [0.4, 0.5) is 15.8 Å². The number of carbonyl (C=O) groups excluding carboxylic acids is 2. The molecule has 2 amide bonds. The van der Waals surface area contributed by atoms with Gasteiger partial charge in [0.05, 0.1) is 0 Å². The van der Waals surface area contributed by atoms with E-state index in [4.69, 9.17) is 0 Å². The maximum absolute atomic E-state index is 13.9. The molecule has 0 spiro atoms. The molecule has 4 rings (SSSR count). The Balaban J connectivity index is 1.58. The van der Waals surface area contributed by atoms with Crippen LogP contribution in [0.1, 0.15) is 42.2 Å². The number of anilines is 2. The van der Waals surface area contributed by atoms with E-state index in [1.165, 1.54) is 11.9 Å². The summed E-state index contributed by atoms with van der Waals surface area (Å²) in [5, 5.41) is 11.1. The lowest BCUT2D eigenvalue weighted by Gasteiger charge is -2.19. The number of aromatic nitrogens is 3. The van der Waals surface area contributed by atoms with E-state index in [2.05, 4.69) is 15.5 Å². The van der Waals surface area contributed by atoms with Crippen LogP contribution in [0.2, 0.25) is 0 Å². The van der Waals surface area contributed by atoms with Gasteiger partial charge in [-0.3, -0.25) is 9.59 Å². The number of alkyl halides is 1. The van der Waals surface area contributed by atoms with Gasteiger partial charge in [0.2, 0.25) is 0 Å². The molecule has 2 aromatic carbocycles. The number of fused-ring (bicyclic) bond motifs is 1. The second-order valence-corrected chi connectivity index (χ2v) is 7.94. The Hall–Kier alpha value is -3.55. The Morgan fingerprint density at radius 3 is 2.81 bits per heavy atom. The van der Waals surface area contributed by atoms with E-state index in [-0.39, 0.29) is 18.4 Å². The summed E-state index contributed by atoms with van der Waals surface area (Å²) < 4.78 is 15.9. The fourth-order valence-electron chi connectivity index (χ4n) is 3.73. The zero-order valence-corrected chi connectivity index (χ0v) is 17.7. The fraction of sp³-hybridized carbons (Fsp3) is 0.304. The van der Waals surface area contributed by atoms with Crippen molar-refractivity contribution < 1.29 is 14.0 Å². The van der Waals surface area contributed by atoms with Crippen LogP contribution in [-0.4, -0.2) is 39.8 Å². The molecule has 0 saturated carbocycles. The minimum Gasteiger partial charge on any atom is -0.322 e. The predicted octanol–water partition coefficient (Wildman–Crippen LogP) is 4.03. The molecule has 1 N–H and O–H groups in total. The number of benzene rings is 2. The first kappa shape index (κ1) is 20.7. The molecule has 0 fully saturated rings. The summed E-state index contributed by atoms with van der Waals surface area (Å²) in [5.74, 6) is -0.178. The van der Waals surface area contributed by atoms with Crippen molar-refractivity contribution in [1.29, 1.82) is 0 Å². The van der Waals surface area contributed by atoms with Gasteiger partial charge < -0.3 is 14.8 Å². The summed E-state index contributed by atoms with van der Waals surface area (Å²) in [7, 11) is 1.54. The second kappa shape index (κ2) is 8.29. The highest BCUT2D eigenvalue weighted by Crippen LogP contribution is 2.29. The van der Waals surface area contributed by atoms with Gasteiger partial charge in [-0.15, -0.1) is 10.2 Å². The van der Waals surface area contributed by atoms with E-state index >= 15 is 0 Å². The van der Waals surface area contributed by atoms with Gasteiger partial charge in [-0.1, -0.05) is 18.2 Å². The molecule has 0 bridgehead atoms. The molecule has 1 unspecified atom stereocenters. The highest BCUT2D eigenvalue weighted by molar-refractivity contribution is 6.06. The topological polar surface area (TPSA) is 80.1 Å². The summed E-state index contributed by atoms with van der Waals surface area (Å²) in [4.78, 5) is 26.3. The number of amides is 2. The number of carbonyl (C=O) groups is 2. The van der Waals surface area contributed by atoms with Crippen LogP contribution < -0.4 is 10.2 Å². The third-order valence-corrected chi connectivity index (χ3v) is 5.48. The lowest BCUT2D eigenvalue weighted by Crippen LogP contribution is -2.32. The van der Waals surface area contributed by atoms with E-state index < -0.39 is 12.1 Å². The first-order valence-corrected chi connectivity index (χ1v) is 10.2. The largest absolute Gasteiger partial charge is 0.322 e. The van der Waals surface area contributed by atoms with E-state index in [0.29, 0.717) is 23.4 Å². The highest BCUT2D eigenvalue weighted by Gasteiger charge is 2.28. The number of hydrogen-bond acceptors (Lipinski definition) is 4. The number of hydrogen-bond donors (Lipinski definition) is 1. The molecule has 3 aromatic rings. The maximum atomic E-state index is 13.9. The normalized spacial score (nSPS) is 16.2. The van der Waals surface area contributed by atoms with E-state index in [0.717, 1.165) is 17.0 Å². The third kappa shape index (κ3) is 4.05. The van der Waals surface area contributed by atoms with Crippen LogP contribution in [0.25, 0.3) is 11.4 Å². The van der Waals surface area contributed by atoms with Gasteiger partial charge in [0.1, 0.15) is 6.33 Å². The predicted molar refractivity (Wildman–Crippen MR) is 117 cm³/mol. The summed E-state index contributed by atoms with van der Waals surface area (Å²) in [5.41, 5.74) is 3.26. The van der Waals surface area contributed by atoms with Crippen LogP contribution in [-0.2, 0) is 11.2 Å². The molecule has 31 heavy (non-hydrogen) atoms. The van der Waals surface area contributed by atoms with Gasteiger partial charge in [-0.05, 0) is 56.5 Å². The molecule has 1 aliphatic heterocycles. The molecular formula is C23H24FN5O2. The summed E-state index contributed by atoms with van der Waals surface area (Å²) in [6.45, 7) is 4.09. The standard InChI is InChI=1S/C23H24FN5O2/c1-14(2)29-13-25-27-21(29)16-5-4-6-18(11-16)26-22(30)17-8-7-15-9-10-19(24)23(31)28(3)20(15)12-17/h4-8,11-14,19H,9-10H2,1-3H3,(H,26,30). The molecule has 1 aromatic heterocycles. The molecule has 160 valence electrons. The quantitative estimate of drug-likeness (QED) is 0.690. The van der Waals surface area contributed by atoms with Crippen LogP contribution in [0, 0.1) is 0 Å². The van der Waals surface area contributed by atoms with Crippen molar-refractivity contribution in [2.45, 2.75) is 38.9 Å². The van der Waals surface area contributed by atoms with Crippen LogP contribution in [0.15, 0.2) is 48.8 Å². The van der Waals surface area contributed by atoms with Crippen LogP contribution >= 0.6 is 0 Å². The van der Waals surface area contributed by atoms with Gasteiger partial charge in [-0.2, -0.15) is 0 Å². The highest BCUT2D eigenvalue weighted by atomic mass is 19.1. The minimum atomic E-state index is -1.52. The molecule has 2 heterocycles. The van der Waals surface area contributed by atoms with Gasteiger partial charge in [0, 0.05) is 35.6 Å². The smallest absolute Gasteiger partial charge is 0.261 e. The van der Waals surface area contributed by atoms with Crippen molar-refractivity contribution in [1.82, 2.24) is 14.8 Å². The zero-order valence-electron chi connectivity index (χ0n) is 17.7. The Bertz CT molecular complexity index is 1140. The van der Waals surface area contributed by atoms with Crippen LogP contribution in [0.5, 0.6) is 0 Å². The van der Waals surface area contributed by atoms with Crippen molar-refractivity contribution >= 4 is 23.2 Å². The summed E-state index contributed by atoms with van der Waals surface area (Å²) in [6.07, 6.45) is 0.758. The first-order valence-electron chi connectivity index (χ1n) is 10.2. The monoisotopic (exact) mass is 421 g/mol. The second-order valence-electron chi connectivity index (χ2n) is 7.94. The zero-order chi connectivity index (χ0) is 22.1. The lowest BCUT2D eigenvalue weighted by molar-refractivity contribution is -0.123. The number of rotatable bonds is 4. The Morgan fingerprint density at radius 2 is 2.03 bits per heavy atom. The molecule has 1 atom stereocenters. The molecule has 8 heteroatoms. The van der Waals surface area contributed by atoms with Crippen molar-refractivity contribution in [2.75, 3.05) is 17.3 Å². The summed E-state index contributed by atoms with van der Waals surface area (Å²) in [6, 6.07) is 12.7. The molecule has 7 nitrogen and oxygen atoms in total. The average molecular weight is 421 g/mol. The third-order valence-electron chi connectivity index (χ3n) is 5.48. The Kier molecular flexibility index (Phi) is 5.54. The number of nitrogens with zero attached hydrogens (tertiary/aromatic N) is 4. The lowest BCUT2D eigenvalue weighted by atomic mass is 10.0. The van der Waals surface area contributed by atoms with Crippen molar-refractivity contribution in [2.24, 2.45) is 0 Å². The Morgan fingerprint density at radius 1 is 1.23 bits per heavy atom. The van der Waals surface area contributed by atoms with Crippen molar-refractivity contribution in [3.05, 3.63) is 59.9 Å². The van der Waals surface area contributed by atoms with E-state index in [9.17, 15) is 14.0 Å². The molecule has 0 aliphatic carbocycles. The number of nitrogens with one attached hydrogen (secondary N) is 1. The van der Waals surface area contributed by atoms with Gasteiger partial charge in [0.15, 0.2) is 12.0 Å². The minimum absolute atomic E-state index is 0.148. The molecular weight excluding hydrogens is 397 g/mol. The maximum Gasteiger partial charge on any atom is 0.261 e. The van der Waals surface area contributed by atoms with Gasteiger partial charge in [0.25, 0.3) is 11.8 Å². The van der Waals surface area contributed by atoms with E-state index in [1.54, 1.807) is 30.6 Å². The SMILES string of the molecule is CC(C)n1cnnc1-c1cccc(NC(=O)c2ccc3c(c2)N(C)C(=O)C(F)CC3)c1. The molecule has 0 saturated heterocycles. The molecule has 1 aliphatic rings. The Labute approximate surface area is 179 Å². The average Bonchev–Trinajstić information content (AvgIpc) is 3.23. The van der Waals surface area contributed by atoms with Crippen molar-refractivity contribution in [3.63, 3.8) is 0 Å². The van der Waals surface area contributed by atoms with Crippen LogP contribution in [0.3, 0.4) is 0 Å². The molecule has 0 radical (unpaired) electrons. The van der Waals surface area contributed by atoms with Gasteiger partial charge in [-0.25, -0.2) is 4.39 Å². The number of aryl methyl sites for hydroxylation is 1. The summed E-state index contributed by atoms with van der Waals surface area (Å²) >= 11 is 0. The van der Waals surface area contributed by atoms with Crippen molar-refractivity contribution in [3.8, 4) is 11.4 Å². The number of halogens is 1. The fourth-order valence-corrected chi connectivity index (χ4v) is 3.73. The van der Waals surface area contributed by atoms with Gasteiger partial charge >= 0.3 is 0 Å². The first-order chi connectivity index (χ1) is 14.8. The van der Waals surface area contributed by atoms with E-state index in [1.807, 2.05) is 36.6 Å².